The van der Waals surface area contributed by atoms with Gasteiger partial charge < -0.3 is 16.8 Å². The van der Waals surface area contributed by atoms with E-state index < -0.39 is 6.04 Å². The molecular formula is C7H14N8O. The van der Waals surface area contributed by atoms with Gasteiger partial charge in [-0.3, -0.25) is 10.2 Å². The molecule has 1 atom stereocenters. The Hall–Kier alpha value is -2.03. The average Bonchev–Trinajstić information content (AvgIpc) is 2.69. The summed E-state index contributed by atoms with van der Waals surface area (Å²) in [6, 6.07) is -0.789. The first-order valence-corrected chi connectivity index (χ1v) is 4.68. The molecule has 1 aromatic heterocycles. The van der Waals surface area contributed by atoms with Crippen LogP contribution in [0.15, 0.2) is 0 Å². The molecule has 9 nitrogen and oxygen atoms in total. The van der Waals surface area contributed by atoms with Crippen molar-refractivity contribution in [1.29, 1.82) is 5.41 Å². The number of carbonyl (C=O) groups excluding carboxylic acids is 1. The van der Waals surface area contributed by atoms with Gasteiger partial charge in [-0.15, -0.1) is 10.2 Å². The topological polar surface area (TPSA) is 159 Å². The molecule has 1 aromatic rings. The maximum atomic E-state index is 11.4. The van der Waals surface area contributed by atoms with Crippen molar-refractivity contribution < 1.29 is 4.79 Å². The number of tetrazole rings is 1. The lowest BCUT2D eigenvalue weighted by Crippen LogP contribution is -2.43. The number of nitrogens with zero attached hydrogens (tertiary/aromatic N) is 3. The van der Waals surface area contributed by atoms with Gasteiger partial charge >= 0.3 is 0 Å². The summed E-state index contributed by atoms with van der Waals surface area (Å²) in [6.07, 6.45) is 0.517. The Morgan fingerprint density at radius 1 is 1.62 bits per heavy atom. The third-order valence-corrected chi connectivity index (χ3v) is 1.81. The van der Waals surface area contributed by atoms with Gasteiger partial charge in [-0.25, -0.2) is 0 Å². The van der Waals surface area contributed by atoms with E-state index in [1.807, 2.05) is 0 Å². The van der Waals surface area contributed by atoms with Crippen molar-refractivity contribution in [2.24, 2.45) is 11.5 Å². The van der Waals surface area contributed by atoms with Crippen LogP contribution in [0.25, 0.3) is 0 Å². The molecule has 0 unspecified atom stereocenters. The van der Waals surface area contributed by atoms with Crippen LogP contribution in [-0.2, 0) is 11.2 Å². The van der Waals surface area contributed by atoms with Crippen LogP contribution in [0.3, 0.4) is 0 Å². The first-order valence-electron chi connectivity index (χ1n) is 4.68. The van der Waals surface area contributed by atoms with E-state index in [0.717, 1.165) is 0 Å². The molecular weight excluding hydrogens is 212 g/mol. The number of aromatic amines is 1. The predicted octanol–water partition coefficient (Wildman–Crippen LogP) is -2.49. The Labute approximate surface area is 91.5 Å². The Morgan fingerprint density at radius 2 is 2.38 bits per heavy atom. The third kappa shape index (κ3) is 4.00. The molecule has 0 saturated carbocycles. The van der Waals surface area contributed by atoms with Gasteiger partial charge in [0.15, 0.2) is 5.82 Å². The number of H-pyrrole nitrogens is 1. The summed E-state index contributed by atoms with van der Waals surface area (Å²) in [5.74, 6) is 0.0555. The fraction of sp³-hybridized carbons (Fsp3) is 0.571. The van der Waals surface area contributed by atoms with Crippen LogP contribution >= 0.6 is 0 Å². The van der Waals surface area contributed by atoms with E-state index in [9.17, 15) is 4.79 Å². The highest BCUT2D eigenvalue weighted by atomic mass is 16.2. The molecule has 1 rings (SSSR count). The van der Waals surface area contributed by atoms with E-state index in [2.05, 4.69) is 25.9 Å². The SMILES string of the molecule is N=C(N)C[C@@H](N)C(=O)NCCc1nn[nH]n1. The molecule has 0 saturated heterocycles. The molecule has 0 aliphatic heterocycles. The number of nitrogens with one attached hydrogen (secondary N) is 3. The Balaban J connectivity index is 2.22. The van der Waals surface area contributed by atoms with Crippen molar-refractivity contribution in [2.75, 3.05) is 6.54 Å². The fourth-order valence-electron chi connectivity index (χ4n) is 1.05. The minimum atomic E-state index is -0.789. The Kier molecular flexibility index (Phi) is 4.33. The predicted molar refractivity (Wildman–Crippen MR) is 55.4 cm³/mol. The number of hydrogen-bond donors (Lipinski definition) is 5. The number of rotatable bonds is 6. The monoisotopic (exact) mass is 226 g/mol. The van der Waals surface area contributed by atoms with Crippen LogP contribution in [0.4, 0.5) is 0 Å². The second kappa shape index (κ2) is 5.75. The van der Waals surface area contributed by atoms with Crippen molar-refractivity contribution in [2.45, 2.75) is 18.9 Å². The van der Waals surface area contributed by atoms with E-state index >= 15 is 0 Å². The maximum absolute atomic E-state index is 11.4. The largest absolute Gasteiger partial charge is 0.388 e. The molecule has 16 heavy (non-hydrogen) atoms. The lowest BCUT2D eigenvalue weighted by molar-refractivity contribution is -0.122. The van der Waals surface area contributed by atoms with E-state index in [1.165, 1.54) is 0 Å². The second-order valence-electron chi connectivity index (χ2n) is 3.20. The van der Waals surface area contributed by atoms with Crippen LogP contribution in [-0.4, -0.2) is 45.0 Å². The summed E-state index contributed by atoms with van der Waals surface area (Å²) < 4.78 is 0. The Morgan fingerprint density at radius 3 is 2.94 bits per heavy atom. The fourth-order valence-corrected chi connectivity index (χ4v) is 1.05. The maximum Gasteiger partial charge on any atom is 0.237 e. The Bertz CT molecular complexity index is 347. The number of amides is 1. The normalized spacial score (nSPS) is 12.1. The van der Waals surface area contributed by atoms with E-state index in [4.69, 9.17) is 16.9 Å². The standard InChI is InChI=1S/C7H14N8O/c8-4(3-5(9)10)7(16)11-2-1-6-12-14-15-13-6/h4H,1-3,8H2,(H3,9,10)(H,11,16)(H,12,13,14,15)/t4-/m1/s1. The summed E-state index contributed by atoms with van der Waals surface area (Å²) in [7, 11) is 0. The first kappa shape index (κ1) is 12.0. The zero-order chi connectivity index (χ0) is 12.0. The highest BCUT2D eigenvalue weighted by Crippen LogP contribution is 1.88. The van der Waals surface area contributed by atoms with Crippen molar-refractivity contribution in [3.05, 3.63) is 5.82 Å². The van der Waals surface area contributed by atoms with Crippen LogP contribution in [0, 0.1) is 5.41 Å². The van der Waals surface area contributed by atoms with Crippen molar-refractivity contribution in [3.8, 4) is 0 Å². The van der Waals surface area contributed by atoms with Crippen molar-refractivity contribution in [3.63, 3.8) is 0 Å². The summed E-state index contributed by atoms with van der Waals surface area (Å²) in [4.78, 5) is 11.4. The zero-order valence-electron chi connectivity index (χ0n) is 8.60. The van der Waals surface area contributed by atoms with Crippen LogP contribution < -0.4 is 16.8 Å². The summed E-state index contributed by atoms with van der Waals surface area (Å²) in [5.41, 5.74) is 10.6. The van der Waals surface area contributed by atoms with Gasteiger partial charge in [0.2, 0.25) is 5.91 Å². The van der Waals surface area contributed by atoms with Gasteiger partial charge in [-0.05, 0) is 0 Å². The molecule has 1 amide bonds. The number of aromatic nitrogens is 4. The number of nitrogens with two attached hydrogens (primary N) is 2. The molecule has 9 heteroatoms. The first-order chi connectivity index (χ1) is 7.59. The minimum Gasteiger partial charge on any atom is -0.388 e. The molecule has 0 aliphatic carbocycles. The minimum absolute atomic E-state index is 0.0496. The quantitative estimate of drug-likeness (QED) is 0.266. The van der Waals surface area contributed by atoms with Gasteiger partial charge in [0.05, 0.1) is 11.9 Å². The number of hydrogen-bond acceptors (Lipinski definition) is 6. The van der Waals surface area contributed by atoms with Crippen molar-refractivity contribution >= 4 is 11.7 Å². The molecule has 0 aromatic carbocycles. The van der Waals surface area contributed by atoms with Crippen LogP contribution in [0.5, 0.6) is 0 Å². The lowest BCUT2D eigenvalue weighted by Gasteiger charge is -2.10. The average molecular weight is 226 g/mol. The highest BCUT2D eigenvalue weighted by molar-refractivity contribution is 5.88. The van der Waals surface area contributed by atoms with Crippen LogP contribution in [0.1, 0.15) is 12.2 Å². The highest BCUT2D eigenvalue weighted by Gasteiger charge is 2.13. The molecule has 7 N–H and O–H groups in total. The third-order valence-electron chi connectivity index (χ3n) is 1.81. The van der Waals surface area contributed by atoms with E-state index in [0.29, 0.717) is 18.8 Å². The summed E-state index contributed by atoms with van der Waals surface area (Å²) in [5, 5.41) is 22.7. The molecule has 0 aliphatic rings. The molecule has 0 bridgehead atoms. The molecule has 0 spiro atoms. The van der Waals surface area contributed by atoms with E-state index in [1.54, 1.807) is 0 Å². The summed E-state index contributed by atoms with van der Waals surface area (Å²) >= 11 is 0. The van der Waals surface area contributed by atoms with Gasteiger partial charge in [-0.2, -0.15) is 5.21 Å². The molecule has 0 fully saturated rings. The second-order valence-corrected chi connectivity index (χ2v) is 3.20. The van der Waals surface area contributed by atoms with Crippen LogP contribution in [0.2, 0.25) is 0 Å². The smallest absolute Gasteiger partial charge is 0.237 e. The molecule has 1 heterocycles. The zero-order valence-corrected chi connectivity index (χ0v) is 8.60. The number of amidine groups is 1. The van der Waals surface area contributed by atoms with Gasteiger partial charge in [0, 0.05) is 19.4 Å². The van der Waals surface area contributed by atoms with Gasteiger partial charge in [0.1, 0.15) is 0 Å². The lowest BCUT2D eigenvalue weighted by atomic mass is 10.2. The van der Waals surface area contributed by atoms with E-state index in [-0.39, 0.29) is 18.2 Å². The molecule has 88 valence electrons. The van der Waals surface area contributed by atoms with Gasteiger partial charge in [-0.1, -0.05) is 5.21 Å². The van der Waals surface area contributed by atoms with Gasteiger partial charge in [0.25, 0.3) is 0 Å². The molecule has 0 radical (unpaired) electrons. The number of carbonyl (C=O) groups is 1. The van der Waals surface area contributed by atoms with Crippen molar-refractivity contribution in [1.82, 2.24) is 25.9 Å². The summed E-state index contributed by atoms with van der Waals surface area (Å²) in [6.45, 7) is 0.365.